The molecule has 1 aromatic heterocycles. The largest absolute Gasteiger partial charge is 0.347 e. The van der Waals surface area contributed by atoms with Gasteiger partial charge in [0.25, 0.3) is 5.91 Å². The van der Waals surface area contributed by atoms with Gasteiger partial charge in [0.05, 0.1) is 12.1 Å². The van der Waals surface area contributed by atoms with E-state index in [4.69, 9.17) is 0 Å². The second-order valence-corrected chi connectivity index (χ2v) is 9.20. The summed E-state index contributed by atoms with van der Waals surface area (Å²) in [5.74, 6) is 1.74. The van der Waals surface area contributed by atoms with Gasteiger partial charge in [-0.2, -0.15) is 0 Å². The Kier molecular flexibility index (Phi) is 4.41. The standard InChI is InChI=1S/C20H30N6O2/c1-24-11-16-22-23-17(18(27)21-15-5-3-2-4-6-15)26(16)13-20(24)9-10-25(12-20)19(28)14-7-8-14/h14-15H,2-13H2,1H3,(H,21,27)/t20-/m1/s1. The Morgan fingerprint density at radius 3 is 2.61 bits per heavy atom. The second-order valence-electron chi connectivity index (χ2n) is 9.20. The Bertz CT molecular complexity index is 782. The van der Waals surface area contributed by atoms with Gasteiger partial charge in [-0.15, -0.1) is 10.2 Å². The minimum Gasteiger partial charge on any atom is -0.347 e. The Hall–Kier alpha value is -1.96. The molecular weight excluding hydrogens is 356 g/mol. The average Bonchev–Trinajstić information content (AvgIpc) is 3.34. The lowest BCUT2D eigenvalue weighted by atomic mass is 9.94. The van der Waals surface area contributed by atoms with Gasteiger partial charge < -0.3 is 14.8 Å². The van der Waals surface area contributed by atoms with Crippen molar-refractivity contribution in [2.24, 2.45) is 5.92 Å². The molecule has 1 N–H and O–H groups in total. The third kappa shape index (κ3) is 3.11. The van der Waals surface area contributed by atoms with Crippen LogP contribution in [0.4, 0.5) is 0 Å². The van der Waals surface area contributed by atoms with Gasteiger partial charge in [-0.25, -0.2) is 0 Å². The van der Waals surface area contributed by atoms with Crippen molar-refractivity contribution in [2.45, 2.75) is 76.0 Å². The van der Waals surface area contributed by atoms with Crippen molar-refractivity contribution in [2.75, 3.05) is 20.1 Å². The molecule has 1 saturated heterocycles. The van der Waals surface area contributed by atoms with Crippen LogP contribution < -0.4 is 5.32 Å². The molecule has 2 saturated carbocycles. The Balaban J connectivity index is 1.33. The molecule has 152 valence electrons. The van der Waals surface area contributed by atoms with Crippen LogP contribution in [0.1, 0.15) is 67.8 Å². The number of hydrogen-bond donors (Lipinski definition) is 1. The molecule has 2 aliphatic heterocycles. The van der Waals surface area contributed by atoms with Crippen LogP contribution in [-0.2, 0) is 17.9 Å². The highest BCUT2D eigenvalue weighted by Gasteiger charge is 2.48. The minimum absolute atomic E-state index is 0.103. The van der Waals surface area contributed by atoms with Gasteiger partial charge in [0.2, 0.25) is 11.7 Å². The molecule has 3 heterocycles. The first kappa shape index (κ1) is 18.1. The van der Waals surface area contributed by atoms with Crippen LogP contribution in [0.25, 0.3) is 0 Å². The third-order valence-corrected chi connectivity index (χ3v) is 7.18. The molecule has 2 amide bonds. The summed E-state index contributed by atoms with van der Waals surface area (Å²) in [4.78, 5) is 29.8. The smallest absolute Gasteiger partial charge is 0.289 e. The third-order valence-electron chi connectivity index (χ3n) is 7.18. The fraction of sp³-hybridized carbons (Fsp3) is 0.800. The summed E-state index contributed by atoms with van der Waals surface area (Å²) in [5.41, 5.74) is -0.125. The number of carbonyl (C=O) groups excluding carboxylic acids is 2. The molecule has 0 unspecified atom stereocenters. The normalized spacial score (nSPS) is 28.5. The molecule has 0 aromatic carbocycles. The summed E-state index contributed by atoms with van der Waals surface area (Å²) in [6.45, 7) is 2.88. The molecule has 3 fully saturated rings. The van der Waals surface area contributed by atoms with Gasteiger partial charge in [0.15, 0.2) is 0 Å². The van der Waals surface area contributed by atoms with Crippen LogP contribution in [-0.4, -0.2) is 68.1 Å². The number of fused-ring (bicyclic) bond motifs is 1. The zero-order chi connectivity index (χ0) is 19.3. The maximum Gasteiger partial charge on any atom is 0.289 e. The number of nitrogens with one attached hydrogen (secondary N) is 1. The van der Waals surface area contributed by atoms with Crippen molar-refractivity contribution in [1.82, 2.24) is 29.9 Å². The van der Waals surface area contributed by atoms with E-state index in [1.54, 1.807) is 0 Å². The van der Waals surface area contributed by atoms with Crippen LogP contribution >= 0.6 is 0 Å². The fourth-order valence-corrected chi connectivity index (χ4v) is 5.15. The monoisotopic (exact) mass is 386 g/mol. The van der Waals surface area contributed by atoms with Crippen LogP contribution in [0.2, 0.25) is 0 Å². The van der Waals surface area contributed by atoms with E-state index in [0.29, 0.717) is 24.8 Å². The summed E-state index contributed by atoms with van der Waals surface area (Å²) in [5, 5.41) is 11.7. The predicted octanol–water partition coefficient (Wildman–Crippen LogP) is 1.17. The Labute approximate surface area is 165 Å². The van der Waals surface area contributed by atoms with Crippen LogP contribution in [0.15, 0.2) is 0 Å². The van der Waals surface area contributed by atoms with E-state index in [9.17, 15) is 9.59 Å². The molecule has 5 rings (SSSR count). The van der Waals surface area contributed by atoms with E-state index in [-0.39, 0.29) is 23.4 Å². The highest BCUT2D eigenvalue weighted by Crippen LogP contribution is 2.38. The van der Waals surface area contributed by atoms with Crippen molar-refractivity contribution in [1.29, 1.82) is 0 Å². The predicted molar refractivity (Wildman–Crippen MR) is 102 cm³/mol. The molecule has 8 heteroatoms. The number of rotatable bonds is 3. The van der Waals surface area contributed by atoms with Crippen molar-refractivity contribution in [3.63, 3.8) is 0 Å². The first-order chi connectivity index (χ1) is 13.6. The number of amides is 2. The molecular formula is C20H30N6O2. The van der Waals surface area contributed by atoms with Crippen molar-refractivity contribution in [3.8, 4) is 0 Å². The SMILES string of the molecule is CN1Cc2nnc(C(=O)NC3CCCCC3)n2C[C@]12CCN(C(=O)C1CC1)C2. The second kappa shape index (κ2) is 6.83. The van der Waals surface area contributed by atoms with E-state index in [1.165, 1.54) is 19.3 Å². The zero-order valence-electron chi connectivity index (χ0n) is 16.7. The van der Waals surface area contributed by atoms with E-state index in [2.05, 4.69) is 27.5 Å². The van der Waals surface area contributed by atoms with E-state index in [1.807, 2.05) is 9.47 Å². The lowest BCUT2D eigenvalue weighted by Crippen LogP contribution is -2.55. The van der Waals surface area contributed by atoms with Crippen molar-refractivity contribution >= 4 is 11.8 Å². The van der Waals surface area contributed by atoms with Gasteiger partial charge in [-0.1, -0.05) is 19.3 Å². The minimum atomic E-state index is -0.125. The summed E-state index contributed by atoms with van der Waals surface area (Å²) in [6, 6.07) is 0.257. The molecule has 1 atom stereocenters. The van der Waals surface area contributed by atoms with Crippen LogP contribution in [0, 0.1) is 5.92 Å². The van der Waals surface area contributed by atoms with Gasteiger partial charge in [-0.3, -0.25) is 14.5 Å². The molecule has 0 radical (unpaired) electrons. The van der Waals surface area contributed by atoms with Gasteiger partial charge in [0, 0.05) is 31.6 Å². The number of carbonyl (C=O) groups is 2. The van der Waals surface area contributed by atoms with Gasteiger partial charge >= 0.3 is 0 Å². The molecule has 8 nitrogen and oxygen atoms in total. The van der Waals surface area contributed by atoms with E-state index >= 15 is 0 Å². The Morgan fingerprint density at radius 1 is 1.07 bits per heavy atom. The number of likely N-dealkylation sites (tertiary alicyclic amines) is 1. The maximum atomic E-state index is 12.9. The topological polar surface area (TPSA) is 83.4 Å². The summed E-state index contributed by atoms with van der Waals surface area (Å²) in [7, 11) is 2.10. The fourth-order valence-electron chi connectivity index (χ4n) is 5.15. The van der Waals surface area contributed by atoms with Crippen LogP contribution in [0.5, 0.6) is 0 Å². The molecule has 2 aliphatic carbocycles. The maximum absolute atomic E-state index is 12.9. The molecule has 0 bridgehead atoms. The molecule has 1 aromatic rings. The Morgan fingerprint density at radius 2 is 1.86 bits per heavy atom. The molecule has 28 heavy (non-hydrogen) atoms. The average molecular weight is 387 g/mol. The van der Waals surface area contributed by atoms with E-state index < -0.39 is 0 Å². The lowest BCUT2D eigenvalue weighted by Gasteiger charge is -2.42. The van der Waals surface area contributed by atoms with Gasteiger partial charge in [0.1, 0.15) is 5.82 Å². The number of likely N-dealkylation sites (N-methyl/N-ethyl adjacent to an activating group) is 1. The number of nitrogens with zero attached hydrogens (tertiary/aromatic N) is 5. The van der Waals surface area contributed by atoms with Gasteiger partial charge in [-0.05, 0) is 39.2 Å². The van der Waals surface area contributed by atoms with Crippen molar-refractivity contribution in [3.05, 3.63) is 11.6 Å². The summed E-state index contributed by atoms with van der Waals surface area (Å²) >= 11 is 0. The number of aromatic nitrogens is 3. The van der Waals surface area contributed by atoms with Crippen LogP contribution in [0.3, 0.4) is 0 Å². The molecule has 4 aliphatic rings. The highest BCUT2D eigenvalue weighted by molar-refractivity contribution is 5.91. The zero-order valence-corrected chi connectivity index (χ0v) is 16.7. The molecule has 1 spiro atoms. The quantitative estimate of drug-likeness (QED) is 0.843. The number of hydrogen-bond acceptors (Lipinski definition) is 5. The van der Waals surface area contributed by atoms with E-state index in [0.717, 1.165) is 51.0 Å². The highest BCUT2D eigenvalue weighted by atomic mass is 16.2. The first-order valence-electron chi connectivity index (χ1n) is 10.8. The summed E-state index contributed by atoms with van der Waals surface area (Å²) in [6.07, 6.45) is 8.75. The first-order valence-corrected chi connectivity index (χ1v) is 10.8. The van der Waals surface area contributed by atoms with Crippen molar-refractivity contribution < 1.29 is 9.59 Å². The lowest BCUT2D eigenvalue weighted by molar-refractivity contribution is -0.132. The summed E-state index contributed by atoms with van der Waals surface area (Å²) < 4.78 is 2.00.